The van der Waals surface area contributed by atoms with Crippen molar-refractivity contribution in [3.05, 3.63) is 16.8 Å². The van der Waals surface area contributed by atoms with Gasteiger partial charge in [0.05, 0.1) is 6.10 Å². The van der Waals surface area contributed by atoms with Crippen molar-refractivity contribution in [2.24, 2.45) is 0 Å². The molecule has 0 bridgehead atoms. The molecule has 22 heavy (non-hydrogen) atoms. The number of fused-ring (bicyclic) bond motifs is 1. The van der Waals surface area contributed by atoms with Gasteiger partial charge >= 0.3 is 29.6 Å². The van der Waals surface area contributed by atoms with E-state index in [4.69, 9.17) is 9.88 Å². The van der Waals surface area contributed by atoms with Crippen molar-refractivity contribution in [2.45, 2.75) is 34.3 Å². The van der Waals surface area contributed by atoms with Crippen molar-refractivity contribution in [1.29, 1.82) is 0 Å². The van der Waals surface area contributed by atoms with Crippen molar-refractivity contribution >= 4 is 31.4 Å². The second-order valence-corrected chi connectivity index (χ2v) is 9.76. The Morgan fingerprint density at radius 2 is 2.14 bits per heavy atom. The van der Waals surface area contributed by atoms with E-state index in [1.165, 1.54) is 10.4 Å². The van der Waals surface area contributed by atoms with Gasteiger partial charge in [0.15, 0.2) is 0 Å². The fourth-order valence-electron chi connectivity index (χ4n) is 2.07. The third-order valence-electron chi connectivity index (χ3n) is 3.40. The molecule has 0 amide bonds. The molecule has 1 atom stereocenters. The molecule has 0 radical (unpaired) electrons. The predicted molar refractivity (Wildman–Crippen MR) is 79.4 cm³/mol. The van der Waals surface area contributed by atoms with Gasteiger partial charge in [0.2, 0.25) is 0 Å². The van der Waals surface area contributed by atoms with Crippen LogP contribution in [0.3, 0.4) is 0 Å². The zero-order chi connectivity index (χ0) is 15.8. The summed E-state index contributed by atoms with van der Waals surface area (Å²) in [5, 5.41) is 7.05. The van der Waals surface area contributed by atoms with E-state index in [0.717, 1.165) is 0 Å². The SMILES string of the molecule is COC(C)CCN1CCc2cc(S([NH-])(=O)=O)sc2S1(=O)=O.[Na+]. The van der Waals surface area contributed by atoms with Crippen LogP contribution in [0.25, 0.3) is 5.14 Å². The van der Waals surface area contributed by atoms with Crippen LogP contribution < -0.4 is 29.6 Å². The maximum absolute atomic E-state index is 12.5. The number of nitrogens with zero attached hydrogens (tertiary/aromatic N) is 1. The van der Waals surface area contributed by atoms with Crippen LogP contribution in [-0.2, 0) is 31.2 Å². The van der Waals surface area contributed by atoms with Gasteiger partial charge in [-0.05, 0) is 31.4 Å². The number of hydrogen-bond donors (Lipinski definition) is 0. The van der Waals surface area contributed by atoms with Crippen LogP contribution in [0.2, 0.25) is 0 Å². The van der Waals surface area contributed by atoms with E-state index >= 15 is 0 Å². The molecule has 2 rings (SSSR count). The standard InChI is InChI=1S/C11H17N2O5S3.Na/c1-8(18-2)3-5-13-6-4-9-7-10(20(12,14)15)19-11(9)21(13,16)17;/h7-8H,3-6H2,1-2H3,(H-,12,14,15);/q-1;+1. The summed E-state index contributed by atoms with van der Waals surface area (Å²) < 4.78 is 53.7. The molecule has 7 nitrogen and oxygen atoms in total. The number of thiophene rings is 1. The maximum atomic E-state index is 12.5. The van der Waals surface area contributed by atoms with Crippen LogP contribution in [0.5, 0.6) is 0 Å². The normalized spacial score (nSPS) is 19.2. The molecule has 1 aliphatic rings. The molecule has 0 saturated heterocycles. The van der Waals surface area contributed by atoms with Crippen LogP contribution in [0.15, 0.2) is 14.5 Å². The summed E-state index contributed by atoms with van der Waals surface area (Å²) in [5.41, 5.74) is 0.488. The Morgan fingerprint density at radius 3 is 2.68 bits per heavy atom. The van der Waals surface area contributed by atoms with Crippen LogP contribution >= 0.6 is 11.3 Å². The van der Waals surface area contributed by atoms with Crippen molar-refractivity contribution < 1.29 is 51.1 Å². The van der Waals surface area contributed by atoms with Crippen LogP contribution in [0.4, 0.5) is 0 Å². The number of methoxy groups -OCH3 is 1. The summed E-state index contributed by atoms with van der Waals surface area (Å²) in [6.07, 6.45) is 0.983. The number of rotatable bonds is 5. The second kappa shape index (κ2) is 7.58. The average Bonchev–Trinajstić information content (AvgIpc) is 2.82. The monoisotopic (exact) mass is 376 g/mol. The summed E-state index contributed by atoms with van der Waals surface area (Å²) >= 11 is 0.657. The van der Waals surface area contributed by atoms with Gasteiger partial charge in [0, 0.05) is 20.2 Å². The molecular formula is C11H17N2NaO5S3. The molecule has 120 valence electrons. The molecule has 0 aliphatic carbocycles. The summed E-state index contributed by atoms with van der Waals surface area (Å²) in [7, 11) is -6.24. The molecule has 0 spiro atoms. The second-order valence-electron chi connectivity index (χ2n) is 4.87. The van der Waals surface area contributed by atoms with Gasteiger partial charge in [-0.1, -0.05) is 0 Å². The van der Waals surface area contributed by atoms with Crippen molar-refractivity contribution in [3.8, 4) is 0 Å². The summed E-state index contributed by atoms with van der Waals surface area (Å²) in [6, 6.07) is 1.30. The van der Waals surface area contributed by atoms with Crippen LogP contribution in [-0.4, -0.2) is 47.4 Å². The molecule has 0 saturated carbocycles. The Bertz CT molecular complexity index is 729. The fourth-order valence-corrected chi connectivity index (χ4v) is 6.30. The molecule has 0 fully saturated rings. The quantitative estimate of drug-likeness (QED) is 0.580. The van der Waals surface area contributed by atoms with Crippen LogP contribution in [0.1, 0.15) is 18.9 Å². The topological polar surface area (TPSA) is 105 Å². The molecule has 1 aliphatic heterocycles. The molecular weight excluding hydrogens is 359 g/mol. The minimum absolute atomic E-state index is 0. The maximum Gasteiger partial charge on any atom is 1.00 e. The summed E-state index contributed by atoms with van der Waals surface area (Å²) in [4.78, 5) is 0. The van der Waals surface area contributed by atoms with E-state index in [1.54, 1.807) is 7.11 Å². The van der Waals surface area contributed by atoms with E-state index in [1.807, 2.05) is 6.92 Å². The Kier molecular flexibility index (Phi) is 7.07. The number of hydrogen-bond acceptors (Lipinski definition) is 6. The van der Waals surface area contributed by atoms with Crippen LogP contribution in [0, 0.1) is 0 Å². The van der Waals surface area contributed by atoms with E-state index in [2.05, 4.69) is 0 Å². The zero-order valence-electron chi connectivity index (χ0n) is 12.7. The van der Waals surface area contributed by atoms with E-state index in [0.29, 0.717) is 42.8 Å². The third-order valence-corrected chi connectivity index (χ3v) is 8.38. The molecule has 1 aromatic rings. The minimum atomic E-state index is -4.13. The Labute approximate surface area is 157 Å². The molecule has 1 N–H and O–H groups in total. The molecule has 1 aromatic heterocycles. The largest absolute Gasteiger partial charge is 1.00 e. The number of ether oxygens (including phenoxy) is 1. The Morgan fingerprint density at radius 1 is 1.50 bits per heavy atom. The predicted octanol–water partition coefficient (Wildman–Crippen LogP) is -1.54. The number of sulfonamides is 2. The van der Waals surface area contributed by atoms with Gasteiger partial charge in [-0.2, -0.15) is 4.31 Å². The summed E-state index contributed by atoms with van der Waals surface area (Å²) in [5.74, 6) is 0. The first-order valence-corrected chi connectivity index (χ1v) is 10.1. The fraction of sp³-hybridized carbons (Fsp3) is 0.636. The smallest absolute Gasteiger partial charge is 0.559 e. The van der Waals surface area contributed by atoms with E-state index in [9.17, 15) is 16.8 Å². The van der Waals surface area contributed by atoms with Crippen molar-refractivity contribution in [1.82, 2.24) is 4.31 Å². The first-order valence-electron chi connectivity index (χ1n) is 6.31. The van der Waals surface area contributed by atoms with Gasteiger partial charge in [-0.25, -0.2) is 16.8 Å². The summed E-state index contributed by atoms with van der Waals surface area (Å²) in [6.45, 7) is 2.51. The third kappa shape index (κ3) is 4.31. The van der Waals surface area contributed by atoms with Gasteiger partial charge in [0.25, 0.3) is 10.0 Å². The van der Waals surface area contributed by atoms with Gasteiger partial charge in [0.1, 0.15) is 18.4 Å². The van der Waals surface area contributed by atoms with Gasteiger partial charge in [-0.3, -0.25) is 0 Å². The molecule has 0 aromatic carbocycles. The first kappa shape index (κ1) is 20.5. The molecule has 11 heteroatoms. The van der Waals surface area contributed by atoms with Crippen molar-refractivity contribution in [2.75, 3.05) is 20.2 Å². The Hall–Kier alpha value is 0.480. The van der Waals surface area contributed by atoms with Gasteiger partial charge in [-0.15, -0.1) is 11.3 Å². The molecule has 2 heterocycles. The molecule has 1 unspecified atom stereocenters. The number of nitrogens with one attached hydrogen (secondary N) is 1. The van der Waals surface area contributed by atoms with E-state index in [-0.39, 0.29) is 44.1 Å². The van der Waals surface area contributed by atoms with E-state index < -0.39 is 20.0 Å². The minimum Gasteiger partial charge on any atom is -0.559 e. The van der Waals surface area contributed by atoms with Gasteiger partial charge < -0.3 is 9.88 Å². The first-order chi connectivity index (χ1) is 9.66. The van der Waals surface area contributed by atoms with Crippen molar-refractivity contribution in [3.63, 3.8) is 0 Å². The zero-order valence-corrected chi connectivity index (χ0v) is 17.1. The average molecular weight is 376 g/mol. The Balaban J connectivity index is 0.00000242.